The standard InChI is InChI=1S/C30H35N7O/c1-30(2,3)21-8-4-7-20(19-21)28-32-22-9-5-11-24(26(22)34-28)37-15-13-36(14-16-37)17-18-38-25-12-6-10-23-27(25)35-29(31)33-23/h4-12,19H,13-18H2,1-3H3,(H,32,34)(H3,31,33,35). The molecule has 38 heavy (non-hydrogen) atoms. The molecule has 0 spiro atoms. The maximum atomic E-state index is 6.07. The molecule has 0 unspecified atom stereocenters. The molecule has 0 bridgehead atoms. The van der Waals surface area contributed by atoms with Crippen molar-refractivity contribution < 1.29 is 4.74 Å². The van der Waals surface area contributed by atoms with E-state index in [-0.39, 0.29) is 5.41 Å². The largest absolute Gasteiger partial charge is 0.490 e. The first-order valence-corrected chi connectivity index (χ1v) is 13.3. The average molecular weight is 510 g/mol. The van der Waals surface area contributed by atoms with Gasteiger partial charge in [0.2, 0.25) is 0 Å². The van der Waals surface area contributed by atoms with E-state index in [1.807, 2.05) is 18.2 Å². The molecule has 1 aliphatic heterocycles. The summed E-state index contributed by atoms with van der Waals surface area (Å²) in [5, 5.41) is 0. The van der Waals surface area contributed by atoms with Gasteiger partial charge in [-0.05, 0) is 41.3 Å². The zero-order valence-corrected chi connectivity index (χ0v) is 22.3. The van der Waals surface area contributed by atoms with Crippen LogP contribution in [0.15, 0.2) is 60.7 Å². The molecule has 4 N–H and O–H groups in total. The summed E-state index contributed by atoms with van der Waals surface area (Å²) < 4.78 is 6.07. The van der Waals surface area contributed by atoms with Gasteiger partial charge in [-0.15, -0.1) is 0 Å². The van der Waals surface area contributed by atoms with Crippen LogP contribution in [0.1, 0.15) is 26.3 Å². The molecule has 5 aromatic rings. The Morgan fingerprint density at radius 3 is 2.39 bits per heavy atom. The Hall–Kier alpha value is -4.04. The topological polar surface area (TPSA) is 99.1 Å². The minimum absolute atomic E-state index is 0.0954. The highest BCUT2D eigenvalue weighted by Gasteiger charge is 2.21. The molecule has 1 fully saturated rings. The lowest BCUT2D eigenvalue weighted by atomic mass is 9.86. The number of para-hydroxylation sites is 2. The van der Waals surface area contributed by atoms with E-state index in [0.717, 1.165) is 71.9 Å². The van der Waals surface area contributed by atoms with Gasteiger partial charge in [0.15, 0.2) is 5.95 Å². The van der Waals surface area contributed by atoms with Crippen molar-refractivity contribution in [3.05, 3.63) is 66.2 Å². The molecule has 2 aromatic heterocycles. The lowest BCUT2D eigenvalue weighted by Gasteiger charge is -2.36. The molecule has 0 aliphatic carbocycles. The van der Waals surface area contributed by atoms with Gasteiger partial charge in [-0.1, -0.05) is 51.1 Å². The average Bonchev–Trinajstić information content (AvgIpc) is 3.52. The number of fused-ring (bicyclic) bond motifs is 2. The second-order valence-corrected chi connectivity index (χ2v) is 11.0. The number of benzene rings is 3. The molecule has 1 saturated heterocycles. The van der Waals surface area contributed by atoms with Crippen molar-refractivity contribution in [1.82, 2.24) is 24.8 Å². The maximum absolute atomic E-state index is 6.07. The van der Waals surface area contributed by atoms with E-state index in [1.54, 1.807) is 0 Å². The second-order valence-electron chi connectivity index (χ2n) is 11.0. The van der Waals surface area contributed by atoms with Crippen LogP contribution in [0.4, 0.5) is 11.6 Å². The van der Waals surface area contributed by atoms with Crippen LogP contribution in [0, 0.1) is 0 Å². The number of nitrogen functional groups attached to an aromatic ring is 1. The van der Waals surface area contributed by atoms with E-state index in [9.17, 15) is 0 Å². The Morgan fingerprint density at radius 2 is 1.61 bits per heavy atom. The van der Waals surface area contributed by atoms with E-state index in [4.69, 9.17) is 15.5 Å². The quantitative estimate of drug-likeness (QED) is 0.291. The van der Waals surface area contributed by atoms with Crippen molar-refractivity contribution >= 4 is 33.7 Å². The van der Waals surface area contributed by atoms with Gasteiger partial charge in [-0.25, -0.2) is 9.97 Å². The van der Waals surface area contributed by atoms with Crippen molar-refractivity contribution in [3.63, 3.8) is 0 Å². The second kappa shape index (κ2) is 9.68. The van der Waals surface area contributed by atoms with Gasteiger partial charge >= 0.3 is 0 Å². The minimum atomic E-state index is 0.0954. The van der Waals surface area contributed by atoms with Gasteiger partial charge in [-0.3, -0.25) is 4.90 Å². The van der Waals surface area contributed by atoms with Crippen molar-refractivity contribution in [3.8, 4) is 17.1 Å². The third-order valence-corrected chi connectivity index (χ3v) is 7.37. The highest BCUT2D eigenvalue weighted by atomic mass is 16.5. The number of hydrogen-bond donors (Lipinski definition) is 3. The first-order chi connectivity index (χ1) is 18.3. The number of anilines is 2. The molecule has 6 rings (SSSR count). The number of aromatic nitrogens is 4. The molecule has 0 amide bonds. The number of imidazole rings is 2. The molecule has 8 nitrogen and oxygen atoms in total. The Morgan fingerprint density at radius 1 is 0.868 bits per heavy atom. The fraction of sp³-hybridized carbons (Fsp3) is 0.333. The van der Waals surface area contributed by atoms with E-state index in [1.165, 1.54) is 11.3 Å². The monoisotopic (exact) mass is 509 g/mol. The molecular formula is C30H35N7O. The first-order valence-electron chi connectivity index (χ1n) is 13.3. The third kappa shape index (κ3) is 4.79. The van der Waals surface area contributed by atoms with Crippen LogP contribution in [-0.2, 0) is 5.41 Å². The fourth-order valence-electron chi connectivity index (χ4n) is 5.18. The van der Waals surface area contributed by atoms with Gasteiger partial charge < -0.3 is 25.3 Å². The molecule has 0 radical (unpaired) electrons. The van der Waals surface area contributed by atoms with Crippen LogP contribution in [0.2, 0.25) is 0 Å². The Balaban J connectivity index is 1.11. The SMILES string of the molecule is CC(C)(C)c1cccc(-c2nc3c(N4CCN(CCOc5cccc6[nH]c(N)nc56)CC4)cccc3[nH]2)c1. The Bertz CT molecular complexity index is 1570. The summed E-state index contributed by atoms with van der Waals surface area (Å²) in [4.78, 5) is 20.9. The van der Waals surface area contributed by atoms with E-state index in [0.29, 0.717) is 12.6 Å². The van der Waals surface area contributed by atoms with Gasteiger partial charge in [0.05, 0.1) is 16.7 Å². The predicted molar refractivity (Wildman–Crippen MR) is 155 cm³/mol. The van der Waals surface area contributed by atoms with Gasteiger partial charge in [0.25, 0.3) is 0 Å². The zero-order chi connectivity index (χ0) is 26.3. The first kappa shape index (κ1) is 24.3. The number of hydrogen-bond acceptors (Lipinski definition) is 6. The summed E-state index contributed by atoms with van der Waals surface area (Å²) in [6.07, 6.45) is 0. The van der Waals surface area contributed by atoms with Crippen molar-refractivity contribution in [2.75, 3.05) is 50.0 Å². The van der Waals surface area contributed by atoms with E-state index in [2.05, 4.69) is 88.0 Å². The number of nitrogens with one attached hydrogen (secondary N) is 2. The molecule has 3 aromatic carbocycles. The van der Waals surface area contributed by atoms with Crippen LogP contribution in [0.25, 0.3) is 33.5 Å². The van der Waals surface area contributed by atoms with Gasteiger partial charge in [-0.2, -0.15) is 0 Å². The number of H-pyrrole nitrogens is 2. The van der Waals surface area contributed by atoms with E-state index < -0.39 is 0 Å². The van der Waals surface area contributed by atoms with Gasteiger partial charge in [0.1, 0.15) is 29.2 Å². The minimum Gasteiger partial charge on any atom is -0.490 e. The van der Waals surface area contributed by atoms with Crippen LogP contribution in [-0.4, -0.2) is 64.2 Å². The summed E-state index contributed by atoms with van der Waals surface area (Å²) >= 11 is 0. The van der Waals surface area contributed by atoms with Crippen LogP contribution >= 0.6 is 0 Å². The zero-order valence-electron chi connectivity index (χ0n) is 22.3. The highest BCUT2D eigenvalue weighted by Crippen LogP contribution is 2.31. The number of aromatic amines is 2. The summed E-state index contributed by atoms with van der Waals surface area (Å²) in [7, 11) is 0. The molecule has 8 heteroatoms. The Labute approximate surface area is 222 Å². The van der Waals surface area contributed by atoms with E-state index >= 15 is 0 Å². The molecule has 0 saturated carbocycles. The lowest BCUT2D eigenvalue weighted by molar-refractivity contribution is 0.201. The fourth-order valence-corrected chi connectivity index (χ4v) is 5.18. The molecule has 0 atom stereocenters. The number of nitrogens with two attached hydrogens (primary N) is 1. The molecule has 196 valence electrons. The van der Waals surface area contributed by atoms with Crippen molar-refractivity contribution in [2.45, 2.75) is 26.2 Å². The summed E-state index contributed by atoms with van der Waals surface area (Å²) in [5.74, 6) is 2.09. The Kier molecular flexibility index (Phi) is 6.19. The number of piperazine rings is 1. The summed E-state index contributed by atoms with van der Waals surface area (Å²) in [6.45, 7) is 12.1. The van der Waals surface area contributed by atoms with Gasteiger partial charge in [0, 0.05) is 38.3 Å². The molecular weight excluding hydrogens is 474 g/mol. The number of nitrogens with zero attached hydrogens (tertiary/aromatic N) is 4. The predicted octanol–water partition coefficient (Wildman–Crippen LogP) is 5.19. The third-order valence-electron chi connectivity index (χ3n) is 7.37. The lowest BCUT2D eigenvalue weighted by Crippen LogP contribution is -2.47. The van der Waals surface area contributed by atoms with Crippen molar-refractivity contribution in [1.29, 1.82) is 0 Å². The highest BCUT2D eigenvalue weighted by molar-refractivity contribution is 5.91. The normalized spacial score (nSPS) is 15.0. The van der Waals surface area contributed by atoms with Crippen LogP contribution < -0.4 is 15.4 Å². The molecule has 1 aliphatic rings. The molecule has 3 heterocycles. The van der Waals surface area contributed by atoms with Crippen LogP contribution in [0.5, 0.6) is 5.75 Å². The summed E-state index contributed by atoms with van der Waals surface area (Å²) in [6, 6.07) is 21.0. The van der Waals surface area contributed by atoms with Crippen molar-refractivity contribution in [2.24, 2.45) is 0 Å². The summed E-state index contributed by atoms with van der Waals surface area (Å²) in [5.41, 5.74) is 13.3. The van der Waals surface area contributed by atoms with Crippen LogP contribution in [0.3, 0.4) is 0 Å². The number of rotatable bonds is 6. The maximum Gasteiger partial charge on any atom is 0.198 e. The smallest absolute Gasteiger partial charge is 0.198 e. The number of ether oxygens (including phenoxy) is 1.